The normalized spacial score (nSPS) is 10.4. The van der Waals surface area contributed by atoms with Crippen LogP contribution >= 0.6 is 0 Å². The Kier molecular flexibility index (Phi) is 6.45. The average molecular weight is 421 g/mol. The largest absolute Gasteiger partial charge is 0.508 e. The number of esters is 1. The van der Waals surface area contributed by atoms with Crippen molar-refractivity contribution in [2.45, 2.75) is 20.3 Å². The first kappa shape index (κ1) is 21.7. The molecule has 0 saturated carbocycles. The molecular formula is C24H23NO6. The Morgan fingerprint density at radius 3 is 2.19 bits per heavy atom. The van der Waals surface area contributed by atoms with Gasteiger partial charge >= 0.3 is 5.97 Å². The van der Waals surface area contributed by atoms with Crippen LogP contribution in [0.15, 0.2) is 54.6 Å². The van der Waals surface area contributed by atoms with Crippen LogP contribution in [-0.4, -0.2) is 29.2 Å². The van der Waals surface area contributed by atoms with Crippen LogP contribution in [0, 0.1) is 13.8 Å². The van der Waals surface area contributed by atoms with E-state index in [2.05, 4.69) is 10.1 Å². The summed E-state index contributed by atoms with van der Waals surface area (Å²) in [4.78, 5) is 23.2. The lowest BCUT2D eigenvalue weighted by Crippen LogP contribution is -2.17. The van der Waals surface area contributed by atoms with Gasteiger partial charge in [-0.2, -0.15) is 0 Å². The van der Waals surface area contributed by atoms with Gasteiger partial charge in [0.1, 0.15) is 29.4 Å². The van der Waals surface area contributed by atoms with Gasteiger partial charge in [-0.25, -0.2) is 0 Å². The van der Waals surface area contributed by atoms with Crippen molar-refractivity contribution in [3.8, 4) is 34.1 Å². The van der Waals surface area contributed by atoms with Gasteiger partial charge < -0.3 is 25.0 Å². The number of amides is 1. The molecule has 1 amide bonds. The van der Waals surface area contributed by atoms with E-state index in [1.807, 2.05) is 13.8 Å². The number of aromatic hydroxyl groups is 2. The van der Waals surface area contributed by atoms with E-state index < -0.39 is 11.9 Å². The third-order valence-corrected chi connectivity index (χ3v) is 4.64. The van der Waals surface area contributed by atoms with Crippen LogP contribution in [-0.2, 0) is 14.3 Å². The maximum Gasteiger partial charge on any atom is 0.315 e. The Bertz CT molecular complexity index is 1100. The molecule has 0 saturated heterocycles. The zero-order valence-corrected chi connectivity index (χ0v) is 17.4. The van der Waals surface area contributed by atoms with E-state index in [0.717, 1.165) is 16.7 Å². The highest BCUT2D eigenvalue weighted by atomic mass is 16.5. The molecule has 7 nitrogen and oxygen atoms in total. The van der Waals surface area contributed by atoms with Gasteiger partial charge in [0.05, 0.1) is 7.11 Å². The topological polar surface area (TPSA) is 105 Å². The maximum atomic E-state index is 11.9. The summed E-state index contributed by atoms with van der Waals surface area (Å²) in [6.07, 6.45) is -0.361. The standard InChI is InChI=1S/C24H23NO6/c1-14-10-17(25-22(28)13-23(29)30-3)11-15(2)24(14)31-19-8-9-21(27)20(12-19)16-4-6-18(26)7-5-16/h4-12,26-27H,13H2,1-3H3,(H,25,28). The molecule has 0 aromatic heterocycles. The molecular weight excluding hydrogens is 398 g/mol. The summed E-state index contributed by atoms with van der Waals surface area (Å²) in [7, 11) is 1.23. The highest BCUT2D eigenvalue weighted by molar-refractivity contribution is 6.02. The predicted octanol–water partition coefficient (Wildman–Crippen LogP) is 4.68. The van der Waals surface area contributed by atoms with Crippen LogP contribution < -0.4 is 10.1 Å². The number of methoxy groups -OCH3 is 1. The molecule has 0 fully saturated rings. The molecule has 0 atom stereocenters. The Labute approximate surface area is 179 Å². The lowest BCUT2D eigenvalue weighted by atomic mass is 10.0. The fraction of sp³-hybridized carbons (Fsp3) is 0.167. The fourth-order valence-electron chi connectivity index (χ4n) is 3.16. The first-order valence-corrected chi connectivity index (χ1v) is 9.55. The molecule has 160 valence electrons. The number of hydrogen-bond acceptors (Lipinski definition) is 6. The summed E-state index contributed by atoms with van der Waals surface area (Å²) in [6, 6.07) is 14.9. The molecule has 0 radical (unpaired) electrons. The number of aryl methyl sites for hydroxylation is 2. The fourth-order valence-corrected chi connectivity index (χ4v) is 3.16. The van der Waals surface area contributed by atoms with E-state index >= 15 is 0 Å². The van der Waals surface area contributed by atoms with Crippen LogP contribution in [0.1, 0.15) is 17.5 Å². The van der Waals surface area contributed by atoms with E-state index in [0.29, 0.717) is 22.7 Å². The van der Waals surface area contributed by atoms with E-state index in [9.17, 15) is 19.8 Å². The van der Waals surface area contributed by atoms with Gasteiger partial charge in [-0.05, 0) is 73.0 Å². The van der Waals surface area contributed by atoms with Crippen LogP contribution in [0.4, 0.5) is 5.69 Å². The predicted molar refractivity (Wildman–Crippen MR) is 116 cm³/mol. The number of carbonyl (C=O) groups excluding carboxylic acids is 2. The second kappa shape index (κ2) is 9.21. The molecule has 3 aromatic carbocycles. The lowest BCUT2D eigenvalue weighted by Gasteiger charge is -2.15. The average Bonchev–Trinajstić information content (AvgIpc) is 2.72. The second-order valence-corrected chi connectivity index (χ2v) is 7.07. The highest BCUT2D eigenvalue weighted by Crippen LogP contribution is 2.37. The molecule has 0 unspecified atom stereocenters. The quantitative estimate of drug-likeness (QED) is 0.394. The number of carbonyl (C=O) groups is 2. The highest BCUT2D eigenvalue weighted by Gasteiger charge is 2.14. The minimum Gasteiger partial charge on any atom is -0.508 e. The van der Waals surface area contributed by atoms with Gasteiger partial charge in [0.15, 0.2) is 0 Å². The minimum absolute atomic E-state index is 0.0927. The van der Waals surface area contributed by atoms with Gasteiger partial charge in [-0.1, -0.05) is 12.1 Å². The van der Waals surface area contributed by atoms with Crippen LogP contribution in [0.3, 0.4) is 0 Å². The Balaban J connectivity index is 1.83. The van der Waals surface area contributed by atoms with E-state index in [4.69, 9.17) is 4.74 Å². The molecule has 0 aliphatic carbocycles. The molecule has 31 heavy (non-hydrogen) atoms. The molecule has 3 rings (SSSR count). The van der Waals surface area contributed by atoms with Crippen LogP contribution in [0.5, 0.6) is 23.0 Å². The number of ether oxygens (including phenoxy) is 2. The number of phenolic OH excluding ortho intramolecular Hbond substituents is 2. The molecule has 0 bridgehead atoms. The Morgan fingerprint density at radius 1 is 0.935 bits per heavy atom. The van der Waals surface area contributed by atoms with Crippen molar-refractivity contribution >= 4 is 17.6 Å². The second-order valence-electron chi connectivity index (χ2n) is 7.07. The van der Waals surface area contributed by atoms with E-state index in [-0.39, 0.29) is 17.9 Å². The number of rotatable bonds is 6. The Hall–Kier alpha value is -4.00. The first-order valence-electron chi connectivity index (χ1n) is 9.55. The SMILES string of the molecule is COC(=O)CC(=O)Nc1cc(C)c(Oc2ccc(O)c(-c3ccc(O)cc3)c2)c(C)c1. The van der Waals surface area contributed by atoms with E-state index in [1.54, 1.807) is 54.6 Å². The van der Waals surface area contributed by atoms with E-state index in [1.165, 1.54) is 7.11 Å². The molecule has 0 aliphatic rings. The van der Waals surface area contributed by atoms with Crippen molar-refractivity contribution in [3.63, 3.8) is 0 Å². The monoisotopic (exact) mass is 421 g/mol. The molecule has 3 aromatic rings. The summed E-state index contributed by atoms with van der Waals surface area (Å²) in [5, 5.41) is 22.4. The summed E-state index contributed by atoms with van der Waals surface area (Å²) < 4.78 is 10.6. The van der Waals surface area contributed by atoms with Gasteiger partial charge in [-0.3, -0.25) is 9.59 Å². The summed E-state index contributed by atoms with van der Waals surface area (Å²) >= 11 is 0. The van der Waals surface area contributed by atoms with Crippen molar-refractivity contribution in [1.29, 1.82) is 0 Å². The molecule has 0 spiro atoms. The summed E-state index contributed by atoms with van der Waals surface area (Å²) in [5.74, 6) is 0.303. The van der Waals surface area contributed by atoms with Crippen LogP contribution in [0.25, 0.3) is 11.1 Å². The molecule has 0 heterocycles. The molecule has 0 aliphatic heterocycles. The van der Waals surface area contributed by atoms with Crippen molar-refractivity contribution in [2.75, 3.05) is 12.4 Å². The van der Waals surface area contributed by atoms with Crippen molar-refractivity contribution in [1.82, 2.24) is 0 Å². The first-order chi connectivity index (χ1) is 14.8. The van der Waals surface area contributed by atoms with Gasteiger partial charge in [0.2, 0.25) is 5.91 Å². The lowest BCUT2D eigenvalue weighted by molar-refractivity contribution is -0.142. The van der Waals surface area contributed by atoms with Gasteiger partial charge in [0, 0.05) is 11.3 Å². The van der Waals surface area contributed by atoms with Gasteiger partial charge in [-0.15, -0.1) is 0 Å². The summed E-state index contributed by atoms with van der Waals surface area (Å²) in [5.41, 5.74) is 3.42. The number of hydrogen-bond donors (Lipinski definition) is 3. The van der Waals surface area contributed by atoms with Crippen molar-refractivity contribution < 1.29 is 29.3 Å². The number of anilines is 1. The van der Waals surface area contributed by atoms with Crippen molar-refractivity contribution in [2.24, 2.45) is 0 Å². The molecule has 3 N–H and O–H groups in total. The smallest absolute Gasteiger partial charge is 0.315 e. The third kappa shape index (κ3) is 5.33. The van der Waals surface area contributed by atoms with Gasteiger partial charge in [0.25, 0.3) is 0 Å². The zero-order valence-electron chi connectivity index (χ0n) is 17.4. The minimum atomic E-state index is -0.609. The number of phenols is 2. The molecule has 7 heteroatoms. The zero-order chi connectivity index (χ0) is 22.5. The third-order valence-electron chi connectivity index (χ3n) is 4.64. The Morgan fingerprint density at radius 2 is 1.58 bits per heavy atom. The number of benzene rings is 3. The van der Waals surface area contributed by atoms with Crippen molar-refractivity contribution in [3.05, 3.63) is 65.7 Å². The maximum absolute atomic E-state index is 11.9. The summed E-state index contributed by atoms with van der Waals surface area (Å²) in [6.45, 7) is 3.69. The van der Waals surface area contributed by atoms with Crippen LogP contribution in [0.2, 0.25) is 0 Å². The number of nitrogens with one attached hydrogen (secondary N) is 1.